The number of benzene rings is 1. The van der Waals surface area contributed by atoms with Crippen LogP contribution in [0, 0.1) is 6.92 Å². The highest BCUT2D eigenvalue weighted by Gasteiger charge is 2.30. The van der Waals surface area contributed by atoms with Gasteiger partial charge in [-0.3, -0.25) is 0 Å². The molecule has 0 unspecified atom stereocenters. The number of rotatable bonds is 1. The average Bonchev–Trinajstić information content (AvgIpc) is 2.02. The van der Waals surface area contributed by atoms with Crippen LogP contribution in [0.15, 0.2) is 23.4 Å². The first kappa shape index (κ1) is 10.6. The summed E-state index contributed by atoms with van der Waals surface area (Å²) in [5, 5.41) is 10.9. The lowest BCUT2D eigenvalue weighted by molar-refractivity contribution is -0.137. The van der Waals surface area contributed by atoms with E-state index in [1.807, 2.05) is 0 Å². The topological polar surface area (TPSA) is 32.6 Å². The van der Waals surface area contributed by atoms with Crippen LogP contribution in [0.3, 0.4) is 0 Å². The van der Waals surface area contributed by atoms with Gasteiger partial charge >= 0.3 is 6.18 Å². The van der Waals surface area contributed by atoms with Gasteiger partial charge in [0.15, 0.2) is 0 Å². The van der Waals surface area contributed by atoms with Crippen LogP contribution < -0.4 is 0 Å². The summed E-state index contributed by atoms with van der Waals surface area (Å²) in [5.74, 6) is 0. The number of aryl methyl sites for hydroxylation is 1. The third-order valence-electron chi connectivity index (χ3n) is 1.63. The molecule has 1 aromatic carbocycles. The summed E-state index contributed by atoms with van der Waals surface area (Å²) >= 11 is 0. The Hall–Kier alpha value is -1.52. The van der Waals surface area contributed by atoms with Crippen molar-refractivity contribution in [3.05, 3.63) is 34.9 Å². The minimum atomic E-state index is -4.37. The highest BCUT2D eigenvalue weighted by molar-refractivity contribution is 5.79. The molecule has 0 spiro atoms. The van der Waals surface area contributed by atoms with Gasteiger partial charge in [0.05, 0.1) is 11.8 Å². The summed E-state index contributed by atoms with van der Waals surface area (Å²) in [6.45, 7) is 1.55. The van der Waals surface area contributed by atoms with Crippen molar-refractivity contribution in [2.24, 2.45) is 5.16 Å². The Bertz CT molecular complexity index is 358. The molecule has 1 N–H and O–H groups in total. The van der Waals surface area contributed by atoms with Gasteiger partial charge in [0.25, 0.3) is 0 Å². The molecule has 5 heteroatoms. The first-order valence-electron chi connectivity index (χ1n) is 3.80. The second-order valence-corrected chi connectivity index (χ2v) is 2.87. The molecule has 0 saturated carbocycles. The standard InChI is InChI=1S/C9H8F3NO/c1-6-2-7(5-13-14)4-8(3-6)9(10,11)12/h2-5,14H,1H3/b13-5+. The molecular weight excluding hydrogens is 195 g/mol. The Morgan fingerprint density at radius 2 is 1.93 bits per heavy atom. The van der Waals surface area contributed by atoms with Crippen LogP contribution in [0.2, 0.25) is 0 Å². The molecule has 1 aromatic rings. The maximum Gasteiger partial charge on any atom is 0.416 e. The quantitative estimate of drug-likeness (QED) is 0.425. The lowest BCUT2D eigenvalue weighted by atomic mass is 10.1. The van der Waals surface area contributed by atoms with Crippen LogP contribution in [0.4, 0.5) is 13.2 Å². The van der Waals surface area contributed by atoms with Crippen molar-refractivity contribution in [3.8, 4) is 0 Å². The van der Waals surface area contributed by atoms with E-state index >= 15 is 0 Å². The van der Waals surface area contributed by atoms with Crippen molar-refractivity contribution in [2.75, 3.05) is 0 Å². The lowest BCUT2D eigenvalue weighted by Gasteiger charge is -2.08. The Balaban J connectivity index is 3.20. The normalized spacial score (nSPS) is 12.3. The van der Waals surface area contributed by atoms with Gasteiger partial charge in [-0.15, -0.1) is 0 Å². The number of halogens is 3. The largest absolute Gasteiger partial charge is 0.416 e. The molecule has 0 aliphatic carbocycles. The Kier molecular flexibility index (Phi) is 2.78. The molecule has 76 valence electrons. The van der Waals surface area contributed by atoms with Gasteiger partial charge in [-0.1, -0.05) is 11.2 Å². The first-order chi connectivity index (χ1) is 6.43. The van der Waals surface area contributed by atoms with Crippen molar-refractivity contribution in [3.63, 3.8) is 0 Å². The van der Waals surface area contributed by atoms with Gasteiger partial charge in [0.2, 0.25) is 0 Å². The predicted molar refractivity (Wildman–Crippen MR) is 45.6 cm³/mol. The Labute approximate surface area is 78.7 Å². The van der Waals surface area contributed by atoms with E-state index in [4.69, 9.17) is 5.21 Å². The van der Waals surface area contributed by atoms with E-state index in [0.717, 1.165) is 18.3 Å². The van der Waals surface area contributed by atoms with Crippen LogP contribution in [-0.4, -0.2) is 11.4 Å². The van der Waals surface area contributed by atoms with E-state index in [1.165, 1.54) is 6.07 Å². The molecule has 0 saturated heterocycles. The molecule has 0 amide bonds. The van der Waals surface area contributed by atoms with Crippen LogP contribution in [0.5, 0.6) is 0 Å². The average molecular weight is 203 g/mol. The Morgan fingerprint density at radius 3 is 2.43 bits per heavy atom. The van der Waals surface area contributed by atoms with Crippen molar-refractivity contribution < 1.29 is 18.4 Å². The summed E-state index contributed by atoms with van der Waals surface area (Å²) in [6.07, 6.45) is -3.41. The minimum absolute atomic E-state index is 0.222. The fraction of sp³-hybridized carbons (Fsp3) is 0.222. The molecule has 0 radical (unpaired) electrons. The zero-order valence-corrected chi connectivity index (χ0v) is 7.34. The monoisotopic (exact) mass is 203 g/mol. The SMILES string of the molecule is Cc1cc(/C=N/O)cc(C(F)(F)F)c1. The number of nitrogens with zero attached hydrogens (tertiary/aromatic N) is 1. The maximum absolute atomic E-state index is 12.3. The lowest BCUT2D eigenvalue weighted by Crippen LogP contribution is -2.06. The van der Waals surface area contributed by atoms with Crippen molar-refractivity contribution in [1.29, 1.82) is 0 Å². The molecule has 0 bridgehead atoms. The van der Waals surface area contributed by atoms with Gasteiger partial charge in [0, 0.05) is 0 Å². The van der Waals surface area contributed by atoms with Crippen molar-refractivity contribution in [1.82, 2.24) is 0 Å². The predicted octanol–water partition coefficient (Wildman–Crippen LogP) is 2.82. The van der Waals surface area contributed by atoms with Gasteiger partial charge in [-0.2, -0.15) is 13.2 Å². The van der Waals surface area contributed by atoms with Crippen LogP contribution in [-0.2, 0) is 6.18 Å². The number of alkyl halides is 3. The molecule has 0 aromatic heterocycles. The summed E-state index contributed by atoms with van der Waals surface area (Å²) in [7, 11) is 0. The van der Waals surface area contributed by atoms with Gasteiger partial charge in [-0.25, -0.2) is 0 Å². The summed E-state index contributed by atoms with van der Waals surface area (Å²) in [5.41, 5.74) is -0.0537. The second kappa shape index (κ2) is 3.69. The fourth-order valence-corrected chi connectivity index (χ4v) is 1.12. The molecule has 0 fully saturated rings. The van der Waals surface area contributed by atoms with E-state index in [0.29, 0.717) is 5.56 Å². The number of hydrogen-bond donors (Lipinski definition) is 1. The van der Waals surface area contributed by atoms with Gasteiger partial charge in [0.1, 0.15) is 0 Å². The Morgan fingerprint density at radius 1 is 1.29 bits per heavy atom. The molecule has 14 heavy (non-hydrogen) atoms. The van der Waals surface area contributed by atoms with E-state index in [2.05, 4.69) is 5.16 Å². The van der Waals surface area contributed by atoms with E-state index in [1.54, 1.807) is 6.92 Å². The van der Waals surface area contributed by atoms with Crippen LogP contribution >= 0.6 is 0 Å². The fourth-order valence-electron chi connectivity index (χ4n) is 1.12. The smallest absolute Gasteiger partial charge is 0.411 e. The van der Waals surface area contributed by atoms with Crippen LogP contribution in [0.1, 0.15) is 16.7 Å². The third-order valence-corrected chi connectivity index (χ3v) is 1.63. The van der Waals surface area contributed by atoms with Crippen molar-refractivity contribution >= 4 is 6.21 Å². The molecule has 0 heterocycles. The van der Waals surface area contributed by atoms with E-state index < -0.39 is 11.7 Å². The molecule has 0 aliphatic rings. The zero-order valence-electron chi connectivity index (χ0n) is 7.34. The molecule has 0 atom stereocenters. The van der Waals surface area contributed by atoms with E-state index in [9.17, 15) is 13.2 Å². The molecular formula is C9H8F3NO. The van der Waals surface area contributed by atoms with E-state index in [-0.39, 0.29) is 5.56 Å². The first-order valence-corrected chi connectivity index (χ1v) is 3.80. The number of hydrogen-bond acceptors (Lipinski definition) is 2. The summed E-state index contributed by atoms with van der Waals surface area (Å²) in [6, 6.07) is 3.45. The molecule has 1 rings (SSSR count). The van der Waals surface area contributed by atoms with Crippen molar-refractivity contribution in [2.45, 2.75) is 13.1 Å². The second-order valence-electron chi connectivity index (χ2n) is 2.87. The third kappa shape index (κ3) is 2.48. The maximum atomic E-state index is 12.3. The summed E-state index contributed by atoms with van der Waals surface area (Å²) in [4.78, 5) is 0. The molecule has 2 nitrogen and oxygen atoms in total. The van der Waals surface area contributed by atoms with Crippen LogP contribution in [0.25, 0.3) is 0 Å². The highest BCUT2D eigenvalue weighted by Crippen LogP contribution is 2.30. The van der Waals surface area contributed by atoms with Gasteiger partial charge < -0.3 is 5.21 Å². The molecule has 0 aliphatic heterocycles. The summed E-state index contributed by atoms with van der Waals surface area (Å²) < 4.78 is 36.8. The van der Waals surface area contributed by atoms with Gasteiger partial charge in [-0.05, 0) is 30.2 Å². The highest BCUT2D eigenvalue weighted by atomic mass is 19.4. The number of oxime groups is 1. The zero-order chi connectivity index (χ0) is 10.8. The minimum Gasteiger partial charge on any atom is -0.411 e.